The quantitative estimate of drug-likeness (QED) is 0.0273. The minimum absolute atomic E-state index is 0.0907. The number of aliphatic hydroxyl groups is 4. The van der Waals surface area contributed by atoms with Gasteiger partial charge in [0.1, 0.15) is 42.9 Å². The minimum atomic E-state index is -1.01. The van der Waals surface area contributed by atoms with E-state index in [0.29, 0.717) is 58.0 Å². The van der Waals surface area contributed by atoms with Gasteiger partial charge in [-0.05, 0) is 101 Å². The number of ether oxygens (including phenoxy) is 3. The Bertz CT molecular complexity index is 1300. The van der Waals surface area contributed by atoms with Crippen molar-refractivity contribution in [3.63, 3.8) is 0 Å². The van der Waals surface area contributed by atoms with E-state index in [0.717, 1.165) is 17.1 Å². The second-order valence-corrected chi connectivity index (χ2v) is 15.2. The van der Waals surface area contributed by atoms with E-state index in [4.69, 9.17) is 71.4 Å². The summed E-state index contributed by atoms with van der Waals surface area (Å²) in [5, 5.41) is 41.3. The van der Waals surface area contributed by atoms with Gasteiger partial charge in [-0.3, -0.25) is 9.59 Å². The summed E-state index contributed by atoms with van der Waals surface area (Å²) in [5.74, 6) is -3.05. The van der Waals surface area contributed by atoms with Crippen LogP contribution < -0.4 is 45.9 Å². The number of benzene rings is 1. The van der Waals surface area contributed by atoms with Gasteiger partial charge in [-0.1, -0.05) is 30.3 Å². The van der Waals surface area contributed by atoms with E-state index in [1.165, 1.54) is 13.8 Å². The van der Waals surface area contributed by atoms with Crippen molar-refractivity contribution in [3.8, 4) is 0 Å². The highest BCUT2D eigenvalue weighted by atomic mass is 32.2. The predicted octanol–water partition coefficient (Wildman–Crippen LogP) is -3.36. The topological polar surface area (TPSA) is 439 Å². The number of rotatable bonds is 24. The molecule has 24 heteroatoms. The summed E-state index contributed by atoms with van der Waals surface area (Å²) in [7, 11) is 0. The zero-order valence-corrected chi connectivity index (χ0v) is 37.9. The fourth-order valence-electron chi connectivity index (χ4n) is 3.48. The maximum Gasteiger partial charge on any atom is 0.330 e. The van der Waals surface area contributed by atoms with Crippen molar-refractivity contribution in [3.05, 3.63) is 35.9 Å². The highest BCUT2D eigenvalue weighted by Crippen LogP contribution is 2.06. The van der Waals surface area contributed by atoms with Gasteiger partial charge in [0.25, 0.3) is 0 Å². The third-order valence-electron chi connectivity index (χ3n) is 7.16. The molecule has 1 rings (SSSR count). The Hall–Kier alpha value is -3.34. The molecule has 0 saturated heterocycles. The Morgan fingerprint density at radius 2 is 0.968 bits per heavy atom. The van der Waals surface area contributed by atoms with Crippen LogP contribution in [-0.2, 0) is 49.4 Å². The van der Waals surface area contributed by atoms with Crippen LogP contribution in [0.5, 0.6) is 0 Å². The lowest BCUT2D eigenvalue weighted by molar-refractivity contribution is -0.163. The van der Waals surface area contributed by atoms with Crippen LogP contribution in [-0.4, -0.2) is 167 Å². The number of thioether (sulfide) groups is 2. The molecule has 0 radical (unpaired) electrons. The molecule has 1 aromatic rings. The molecule has 362 valence electrons. The van der Waals surface area contributed by atoms with Crippen molar-refractivity contribution in [2.75, 3.05) is 56.9 Å². The minimum Gasteiger partial charge on any atom is -0.480 e. The van der Waals surface area contributed by atoms with Gasteiger partial charge < -0.3 is 85.6 Å². The molecule has 2 unspecified atom stereocenters. The number of hydrogen-bond acceptors (Lipinski definition) is 23. The molecule has 62 heavy (non-hydrogen) atoms. The first-order chi connectivity index (χ1) is 29.1. The third kappa shape index (κ3) is 40.7. The largest absolute Gasteiger partial charge is 0.480 e. The van der Waals surface area contributed by atoms with E-state index in [1.54, 1.807) is 23.5 Å². The zero-order chi connectivity index (χ0) is 48.6. The van der Waals surface area contributed by atoms with E-state index in [2.05, 4.69) is 14.2 Å². The van der Waals surface area contributed by atoms with Crippen molar-refractivity contribution in [1.29, 1.82) is 0 Å². The predicted molar refractivity (Wildman–Crippen MR) is 239 cm³/mol. The Balaban J connectivity index is -0.000000362. The van der Waals surface area contributed by atoms with Crippen LogP contribution in [0.15, 0.2) is 30.3 Å². The number of hydrogen-bond donors (Lipinski definition) is 13. The summed E-state index contributed by atoms with van der Waals surface area (Å²) in [6.07, 6.45) is 5.99. The molecule has 8 atom stereocenters. The van der Waals surface area contributed by atoms with Crippen LogP contribution in [0.25, 0.3) is 0 Å². The number of aliphatic carboxylic acids is 1. The molecule has 21 N–H and O–H groups in total. The second kappa shape index (κ2) is 42.9. The van der Waals surface area contributed by atoms with Crippen LogP contribution in [0.4, 0.5) is 0 Å². The van der Waals surface area contributed by atoms with Gasteiger partial charge in [0.2, 0.25) is 0 Å². The maximum atomic E-state index is 11.7. The third-order valence-corrected chi connectivity index (χ3v) is 8.45. The average molecular weight is 931 g/mol. The second-order valence-electron chi connectivity index (χ2n) is 13.3. The number of carbonyl (C=O) groups excluding carboxylic acids is 5. The summed E-state index contributed by atoms with van der Waals surface area (Å²) in [6, 6.07) is 4.29. The van der Waals surface area contributed by atoms with Crippen LogP contribution >= 0.6 is 23.5 Å². The van der Waals surface area contributed by atoms with E-state index < -0.39 is 90.9 Å². The van der Waals surface area contributed by atoms with Gasteiger partial charge in [0.15, 0.2) is 0 Å². The molecule has 0 aliphatic rings. The molecule has 0 bridgehead atoms. The van der Waals surface area contributed by atoms with Crippen LogP contribution in [0.1, 0.15) is 57.9 Å². The van der Waals surface area contributed by atoms with Crippen molar-refractivity contribution >= 4 is 59.3 Å². The molecule has 0 aliphatic heterocycles. The Morgan fingerprint density at radius 1 is 0.581 bits per heavy atom. The van der Waals surface area contributed by atoms with Crippen molar-refractivity contribution in [2.45, 2.75) is 107 Å². The monoisotopic (exact) mass is 930 g/mol. The molecule has 0 aromatic heterocycles. The molecule has 0 fully saturated rings. The maximum absolute atomic E-state index is 11.7. The lowest BCUT2D eigenvalue weighted by Gasteiger charge is -2.13. The standard InChI is InChI=1S/C14H21N3O3.C10H20N2O3S2.C6H13NO4.C5H12N2O2.C3H8O2/c15-8-4-7-11(16)13(18)20-14(19)12(17)9-10-5-2-1-3-6-10;1-16-5-3-7(11)9(13)15-10(14)8(12)4-6-17-2;1-4(9)3-11-6(10)5(7)2-8;6-3-1-2-4(7)5(8)9;1-3(5)2-4/h1-3,5-6,11-12H,4,7-9,15-17H2;7-8H,3-6,11-12H2,1-2H3;4-5,8-9H,2-3,7H2,1H3;4H,1-3,6-7H2,(H,8,9);3-5H,2H2,1H3/t11-,12-;7-,8-;4?,5-;4-;/m0000./s1. The van der Waals surface area contributed by atoms with Gasteiger partial charge in [-0.2, -0.15) is 23.5 Å². The van der Waals surface area contributed by atoms with Crippen LogP contribution in [0.3, 0.4) is 0 Å². The van der Waals surface area contributed by atoms with Gasteiger partial charge in [0.05, 0.1) is 25.4 Å². The summed E-state index contributed by atoms with van der Waals surface area (Å²) in [5.41, 5.74) is 44.0. The van der Waals surface area contributed by atoms with Gasteiger partial charge in [-0.15, -0.1) is 0 Å². The van der Waals surface area contributed by atoms with E-state index in [-0.39, 0.29) is 13.2 Å². The molecular formula is C38H74N8O14S2. The highest BCUT2D eigenvalue weighted by molar-refractivity contribution is 7.98. The SMILES string of the molecule is CC(O)CO.CC(O)COC(=O)[C@@H](N)CO.CSCC[C@H](N)C(=O)OC(=O)[C@@H](N)CCSC.NCCC[C@H](N)C(=O)O.NCCC[C@H](N)C(=O)OC(=O)[C@@H](N)Cc1ccccc1. The Labute approximate surface area is 372 Å². The summed E-state index contributed by atoms with van der Waals surface area (Å²) in [6.45, 7) is 3.27. The number of esters is 5. The smallest absolute Gasteiger partial charge is 0.330 e. The lowest BCUT2D eigenvalue weighted by atomic mass is 10.1. The van der Waals surface area contributed by atoms with Crippen LogP contribution in [0, 0.1) is 0 Å². The molecule has 0 heterocycles. The molecular weight excluding hydrogens is 857 g/mol. The van der Waals surface area contributed by atoms with Gasteiger partial charge in [0, 0.05) is 0 Å². The fourth-order valence-corrected chi connectivity index (χ4v) is 4.46. The first-order valence-electron chi connectivity index (χ1n) is 19.5. The Kier molecular flexibility index (Phi) is 45.2. The number of carboxylic acids is 1. The van der Waals surface area contributed by atoms with Crippen molar-refractivity contribution in [2.24, 2.45) is 45.9 Å². The summed E-state index contributed by atoms with van der Waals surface area (Å²) < 4.78 is 13.8. The summed E-state index contributed by atoms with van der Waals surface area (Å²) >= 11 is 3.17. The van der Waals surface area contributed by atoms with Gasteiger partial charge >= 0.3 is 35.8 Å². The zero-order valence-electron chi connectivity index (χ0n) is 36.3. The lowest BCUT2D eigenvalue weighted by Crippen LogP contribution is -2.40. The average Bonchev–Trinajstić information content (AvgIpc) is 3.25. The number of nitrogens with two attached hydrogens (primary N) is 8. The van der Waals surface area contributed by atoms with E-state index in [9.17, 15) is 28.8 Å². The number of aliphatic hydroxyl groups excluding tert-OH is 4. The van der Waals surface area contributed by atoms with E-state index in [1.807, 2.05) is 42.8 Å². The van der Waals surface area contributed by atoms with E-state index >= 15 is 0 Å². The molecule has 0 saturated carbocycles. The molecule has 22 nitrogen and oxygen atoms in total. The molecule has 0 spiro atoms. The normalized spacial score (nSPS) is 14.1. The molecule has 1 aromatic carbocycles. The number of carbonyl (C=O) groups is 6. The first kappa shape index (κ1) is 65.3. The van der Waals surface area contributed by atoms with Crippen molar-refractivity contribution < 1.29 is 68.5 Å². The summed E-state index contributed by atoms with van der Waals surface area (Å²) in [4.78, 5) is 66.7. The highest BCUT2D eigenvalue weighted by Gasteiger charge is 2.24. The first-order valence-corrected chi connectivity index (χ1v) is 22.3. The molecule has 0 amide bonds. The fraction of sp³-hybridized carbons (Fsp3) is 0.684. The van der Waals surface area contributed by atoms with Crippen LogP contribution in [0.2, 0.25) is 0 Å². The van der Waals surface area contributed by atoms with Gasteiger partial charge in [-0.25, -0.2) is 19.2 Å². The number of carboxylic acid groups (broad SMARTS) is 1. The molecule has 0 aliphatic carbocycles. The Morgan fingerprint density at radius 3 is 1.31 bits per heavy atom. The van der Waals surface area contributed by atoms with Crippen molar-refractivity contribution in [1.82, 2.24) is 0 Å².